The predicted octanol–water partition coefficient (Wildman–Crippen LogP) is 6.05. The van der Waals surface area contributed by atoms with Crippen LogP contribution < -0.4 is 14.2 Å². The third kappa shape index (κ3) is 5.34. The molecule has 3 aromatic rings. The Morgan fingerprint density at radius 1 is 0.853 bits per heavy atom. The van der Waals surface area contributed by atoms with Crippen LogP contribution in [0.4, 0.5) is 0 Å². The molecule has 9 heteroatoms. The zero-order valence-corrected chi connectivity index (χ0v) is 20.0. The molecule has 0 saturated carbocycles. The van der Waals surface area contributed by atoms with Gasteiger partial charge in [0.25, 0.3) is 8.69 Å². The Kier molecular flexibility index (Phi) is 7.71. The number of ether oxygens (including phenoxy) is 3. The zero-order valence-electron chi connectivity index (χ0n) is 18.0. The predicted molar refractivity (Wildman–Crippen MR) is 133 cm³/mol. The summed E-state index contributed by atoms with van der Waals surface area (Å²) in [6.07, 6.45) is 0. The van der Waals surface area contributed by atoms with E-state index in [0.29, 0.717) is 39.0 Å². The highest BCUT2D eigenvalue weighted by Gasteiger charge is 2.35. The van der Waals surface area contributed by atoms with Gasteiger partial charge in [-0.05, 0) is 54.1 Å². The van der Waals surface area contributed by atoms with Gasteiger partial charge in [-0.15, -0.1) is 0 Å². The van der Waals surface area contributed by atoms with Crippen LogP contribution in [-0.2, 0) is 9.19 Å². The summed E-state index contributed by atoms with van der Waals surface area (Å²) in [6, 6.07) is 27.6. The van der Waals surface area contributed by atoms with Crippen LogP contribution in [0.25, 0.3) is 5.57 Å². The van der Waals surface area contributed by atoms with Crippen molar-refractivity contribution in [3.8, 4) is 23.3 Å². The quantitative estimate of drug-likeness (QED) is 0.216. The third-order valence-electron chi connectivity index (χ3n) is 4.63. The van der Waals surface area contributed by atoms with Crippen molar-refractivity contribution < 1.29 is 23.4 Å². The number of thioether (sulfide) groups is 1. The minimum absolute atomic E-state index is 0.254. The van der Waals surface area contributed by atoms with Crippen LogP contribution in [0.15, 0.2) is 107 Å². The number of para-hydroxylation sites is 2. The summed E-state index contributed by atoms with van der Waals surface area (Å²) >= 11 is 1.14. The van der Waals surface area contributed by atoms with Crippen molar-refractivity contribution in [3.63, 3.8) is 0 Å². The van der Waals surface area contributed by atoms with Crippen LogP contribution >= 0.6 is 20.4 Å². The molecule has 0 aromatic heterocycles. The maximum absolute atomic E-state index is 11.1. The van der Waals surface area contributed by atoms with E-state index in [1.807, 2.05) is 36.4 Å². The van der Waals surface area contributed by atoms with Crippen LogP contribution in [0.2, 0.25) is 0 Å². The number of hydrogen-bond acceptors (Lipinski definition) is 8. The second kappa shape index (κ2) is 11.3. The van der Waals surface area contributed by atoms with Crippen LogP contribution in [-0.4, -0.2) is 12.2 Å². The van der Waals surface area contributed by atoms with E-state index >= 15 is 0 Å². The lowest BCUT2D eigenvalue weighted by Crippen LogP contribution is -2.07. The molecule has 0 radical (unpaired) electrons. The molecule has 170 valence electrons. The second-order valence-corrected chi connectivity index (χ2v) is 8.14. The van der Waals surface area contributed by atoms with Gasteiger partial charge in [0.15, 0.2) is 10.8 Å². The smallest absolute Gasteiger partial charge is 0.253 e. The van der Waals surface area contributed by atoms with Crippen LogP contribution in [0.3, 0.4) is 0 Å². The van der Waals surface area contributed by atoms with Crippen molar-refractivity contribution in [1.29, 1.82) is 5.26 Å². The van der Waals surface area contributed by atoms with Gasteiger partial charge in [0.1, 0.15) is 23.3 Å². The fourth-order valence-corrected chi connectivity index (χ4v) is 4.30. The molecule has 7 nitrogen and oxygen atoms in total. The summed E-state index contributed by atoms with van der Waals surface area (Å²) < 4.78 is 33.5. The number of allylic oxidation sites excluding steroid dienone is 1. The zero-order chi connectivity index (χ0) is 23.8. The van der Waals surface area contributed by atoms with Gasteiger partial charge in [-0.1, -0.05) is 53.3 Å². The first kappa shape index (κ1) is 23.2. The molecular formula is C25H19N2O5PS. The largest absolute Gasteiger partial charge is 0.497 e. The molecule has 0 spiro atoms. The van der Waals surface area contributed by atoms with E-state index in [2.05, 4.69) is 11.2 Å². The minimum atomic E-state index is -1.57. The van der Waals surface area contributed by atoms with Gasteiger partial charge in [0, 0.05) is 0 Å². The molecule has 1 aliphatic heterocycles. The number of benzene rings is 3. The molecule has 4 rings (SSSR count). The number of methoxy groups -OCH3 is 1. The lowest BCUT2D eigenvalue weighted by atomic mass is 10.1. The highest BCUT2D eigenvalue weighted by atomic mass is 32.2. The molecule has 0 fully saturated rings. The molecule has 1 atom stereocenters. The van der Waals surface area contributed by atoms with Crippen molar-refractivity contribution >= 4 is 31.1 Å². The average molecular weight is 490 g/mol. The molecule has 1 unspecified atom stereocenters. The van der Waals surface area contributed by atoms with Crippen molar-refractivity contribution in [2.75, 3.05) is 7.11 Å². The van der Waals surface area contributed by atoms with E-state index < -0.39 is 8.69 Å². The molecule has 0 aliphatic carbocycles. The Balaban J connectivity index is 1.90. The van der Waals surface area contributed by atoms with Crippen LogP contribution in [0, 0.1) is 11.3 Å². The molecule has 34 heavy (non-hydrogen) atoms. The molecule has 1 aliphatic rings. The summed E-state index contributed by atoms with van der Waals surface area (Å²) in [6.45, 7) is 0. The Morgan fingerprint density at radius 2 is 1.44 bits per heavy atom. The molecule has 0 saturated heterocycles. The molecule has 0 bridgehead atoms. The Bertz CT molecular complexity index is 1300. The molecule has 0 amide bonds. The van der Waals surface area contributed by atoms with Gasteiger partial charge in [-0.3, -0.25) is 4.57 Å². The van der Waals surface area contributed by atoms with Crippen molar-refractivity contribution in [2.24, 2.45) is 5.16 Å². The minimum Gasteiger partial charge on any atom is -0.497 e. The molecule has 0 N–H and O–H groups in total. The van der Waals surface area contributed by atoms with Crippen molar-refractivity contribution in [2.45, 2.75) is 0 Å². The van der Waals surface area contributed by atoms with Crippen LogP contribution in [0.5, 0.6) is 17.2 Å². The Labute approximate surface area is 202 Å². The van der Waals surface area contributed by atoms with E-state index in [-0.39, 0.29) is 10.8 Å². The average Bonchev–Trinajstić information content (AvgIpc) is 3.21. The number of oxime groups is 1. The fraction of sp³-hybridized carbons (Fsp3) is 0.0400. The summed E-state index contributed by atoms with van der Waals surface area (Å²) in [5, 5.41) is 14.4. The first-order valence-electron chi connectivity index (χ1n) is 10.1. The monoisotopic (exact) mass is 490 g/mol. The lowest BCUT2D eigenvalue weighted by Gasteiger charge is -2.12. The van der Waals surface area contributed by atoms with E-state index in [1.165, 1.54) is 0 Å². The standard InChI is InChI=1S/C25H19N2O5PS/c1-29-18-14-12-17(13-15-18)21(16-26)24-22(30-19-8-4-2-5-9-19)23(25(34-24)27-32-33-28)31-20-10-6-3-7-11-20/h2-15H,33H2,1H3. The second-order valence-electron chi connectivity index (χ2n) is 6.73. The van der Waals surface area contributed by atoms with Crippen molar-refractivity contribution in [1.82, 2.24) is 0 Å². The SMILES string of the molecule is COc1ccc(C(C#N)=C2SC(=NO[PH2]=O)C(Oc3ccccc3)=C2Oc2ccccc2)cc1. The number of nitriles is 1. The molecular weight excluding hydrogens is 471 g/mol. The summed E-state index contributed by atoms with van der Waals surface area (Å²) in [7, 11) is 0.00240. The summed E-state index contributed by atoms with van der Waals surface area (Å²) in [5.74, 6) is 2.32. The summed E-state index contributed by atoms with van der Waals surface area (Å²) in [5.41, 5.74) is 1.02. The van der Waals surface area contributed by atoms with E-state index in [9.17, 15) is 9.83 Å². The van der Waals surface area contributed by atoms with Gasteiger partial charge in [-0.25, -0.2) is 0 Å². The Morgan fingerprint density at radius 3 is 1.97 bits per heavy atom. The van der Waals surface area contributed by atoms with Gasteiger partial charge in [0.2, 0.25) is 5.76 Å². The maximum atomic E-state index is 11.1. The Hall–Kier alpha value is -3.92. The number of nitrogens with zero attached hydrogens (tertiary/aromatic N) is 2. The molecule has 1 heterocycles. The van der Waals surface area contributed by atoms with Gasteiger partial charge in [-0.2, -0.15) is 5.26 Å². The van der Waals surface area contributed by atoms with Gasteiger partial charge >= 0.3 is 0 Å². The number of hydrogen-bond donors (Lipinski definition) is 0. The third-order valence-corrected chi connectivity index (χ3v) is 5.87. The van der Waals surface area contributed by atoms with Gasteiger partial charge < -0.3 is 18.8 Å². The van der Waals surface area contributed by atoms with E-state index in [4.69, 9.17) is 18.8 Å². The van der Waals surface area contributed by atoms with Gasteiger partial charge in [0.05, 0.1) is 17.6 Å². The first-order chi connectivity index (χ1) is 16.7. The molecule has 3 aromatic carbocycles. The first-order valence-corrected chi connectivity index (χ1v) is 11.8. The van der Waals surface area contributed by atoms with E-state index in [0.717, 1.165) is 11.8 Å². The van der Waals surface area contributed by atoms with Crippen LogP contribution in [0.1, 0.15) is 5.56 Å². The lowest BCUT2D eigenvalue weighted by molar-refractivity contribution is 0.357. The topological polar surface area (TPSA) is 90.1 Å². The van der Waals surface area contributed by atoms with Crippen molar-refractivity contribution in [3.05, 3.63) is 107 Å². The van der Waals surface area contributed by atoms with E-state index in [1.54, 1.807) is 55.6 Å². The maximum Gasteiger partial charge on any atom is 0.253 e. The number of rotatable bonds is 8. The summed E-state index contributed by atoms with van der Waals surface area (Å²) in [4.78, 5) is 0.491. The highest BCUT2D eigenvalue weighted by molar-refractivity contribution is 8.18. The fourth-order valence-electron chi connectivity index (χ4n) is 3.08. The normalized spacial score (nSPS) is 15.9. The highest BCUT2D eigenvalue weighted by Crippen LogP contribution is 2.44.